The number of H-pyrrole nitrogens is 1. The number of halogens is 1. The molecule has 0 aliphatic heterocycles. The molecule has 1 aromatic carbocycles. The maximum atomic E-state index is 11.8. The van der Waals surface area contributed by atoms with Gasteiger partial charge in [-0.1, -0.05) is 22.0 Å². The van der Waals surface area contributed by atoms with E-state index in [0.29, 0.717) is 11.3 Å². The number of carbonyl (C=O) groups is 1. The number of anilines is 1. The van der Waals surface area contributed by atoms with Gasteiger partial charge in [-0.25, -0.2) is 0 Å². The zero-order valence-corrected chi connectivity index (χ0v) is 10.3. The van der Waals surface area contributed by atoms with Crippen molar-refractivity contribution < 1.29 is 4.79 Å². The number of nitrogens with one attached hydrogen (secondary N) is 2. The number of benzene rings is 1. The van der Waals surface area contributed by atoms with E-state index in [-0.39, 0.29) is 11.5 Å². The summed E-state index contributed by atoms with van der Waals surface area (Å²) in [5, 5.41) is 2.73. The van der Waals surface area contributed by atoms with Gasteiger partial charge in [-0.05, 0) is 24.3 Å². The number of aromatic nitrogens is 1. The first-order valence-corrected chi connectivity index (χ1v) is 5.70. The molecule has 5 heteroatoms. The second-order valence-electron chi connectivity index (χ2n) is 3.41. The molecule has 0 bridgehead atoms. The highest BCUT2D eigenvalue weighted by molar-refractivity contribution is 9.10. The Kier molecular flexibility index (Phi) is 3.39. The maximum Gasteiger partial charge on any atom is 0.257 e. The molecule has 1 aromatic heterocycles. The van der Waals surface area contributed by atoms with Crippen molar-refractivity contribution in [2.45, 2.75) is 0 Å². The van der Waals surface area contributed by atoms with Gasteiger partial charge < -0.3 is 10.3 Å². The van der Waals surface area contributed by atoms with Crippen LogP contribution >= 0.6 is 15.9 Å². The van der Waals surface area contributed by atoms with Gasteiger partial charge in [0.25, 0.3) is 5.91 Å². The Hall–Kier alpha value is -1.88. The minimum Gasteiger partial charge on any atom is -0.328 e. The Morgan fingerprint density at radius 2 is 2.06 bits per heavy atom. The third-order valence-electron chi connectivity index (χ3n) is 2.13. The maximum absolute atomic E-state index is 11.8. The second-order valence-corrected chi connectivity index (χ2v) is 4.32. The molecule has 1 amide bonds. The molecule has 17 heavy (non-hydrogen) atoms. The summed E-state index contributed by atoms with van der Waals surface area (Å²) in [6, 6.07) is 10.1. The van der Waals surface area contributed by atoms with Crippen molar-refractivity contribution in [2.75, 3.05) is 5.32 Å². The average molecular weight is 293 g/mol. The first-order chi connectivity index (χ1) is 8.15. The van der Waals surface area contributed by atoms with Crippen LogP contribution in [-0.2, 0) is 0 Å². The summed E-state index contributed by atoms with van der Waals surface area (Å²) < 4.78 is 0.886. The number of carbonyl (C=O) groups excluding carboxylic acids is 1. The molecule has 0 atom stereocenters. The molecular formula is C12H9BrN2O2. The van der Waals surface area contributed by atoms with Crippen LogP contribution in [0.15, 0.2) is 51.9 Å². The van der Waals surface area contributed by atoms with Gasteiger partial charge in [0.15, 0.2) is 0 Å². The Labute approximate surface area is 106 Å². The Bertz CT molecular complexity index is 587. The lowest BCUT2D eigenvalue weighted by Gasteiger charge is -2.04. The van der Waals surface area contributed by atoms with Crippen LogP contribution in [0.2, 0.25) is 0 Å². The van der Waals surface area contributed by atoms with Crippen molar-refractivity contribution in [2.24, 2.45) is 0 Å². The van der Waals surface area contributed by atoms with Gasteiger partial charge in [0.05, 0.1) is 5.56 Å². The van der Waals surface area contributed by atoms with Crippen LogP contribution in [0.4, 0.5) is 5.69 Å². The van der Waals surface area contributed by atoms with Crippen LogP contribution in [0.3, 0.4) is 0 Å². The molecule has 86 valence electrons. The van der Waals surface area contributed by atoms with E-state index in [0.717, 1.165) is 4.47 Å². The molecule has 2 aromatic rings. The molecule has 0 fully saturated rings. The van der Waals surface area contributed by atoms with Crippen molar-refractivity contribution in [3.63, 3.8) is 0 Å². The van der Waals surface area contributed by atoms with E-state index in [9.17, 15) is 9.59 Å². The summed E-state index contributed by atoms with van der Waals surface area (Å²) in [6.07, 6.45) is 1.38. The smallest absolute Gasteiger partial charge is 0.257 e. The van der Waals surface area contributed by atoms with E-state index in [1.54, 1.807) is 12.1 Å². The predicted molar refractivity (Wildman–Crippen MR) is 69.2 cm³/mol. The molecular weight excluding hydrogens is 284 g/mol. The van der Waals surface area contributed by atoms with E-state index in [2.05, 4.69) is 26.2 Å². The largest absolute Gasteiger partial charge is 0.328 e. The van der Waals surface area contributed by atoms with E-state index in [4.69, 9.17) is 0 Å². The van der Waals surface area contributed by atoms with Gasteiger partial charge >= 0.3 is 0 Å². The number of amides is 1. The molecule has 4 nitrogen and oxygen atoms in total. The van der Waals surface area contributed by atoms with E-state index < -0.39 is 0 Å². The molecule has 0 spiro atoms. The van der Waals surface area contributed by atoms with Crippen molar-refractivity contribution in [1.82, 2.24) is 4.98 Å². The molecule has 0 radical (unpaired) electrons. The normalized spacial score (nSPS) is 9.94. The highest BCUT2D eigenvalue weighted by Gasteiger charge is 2.05. The lowest BCUT2D eigenvalue weighted by atomic mass is 10.2. The summed E-state index contributed by atoms with van der Waals surface area (Å²) in [6.45, 7) is 0. The standard InChI is InChI=1S/C12H9BrN2O2/c13-9-2-1-3-10(6-9)15-12(17)8-4-5-11(16)14-7-8/h1-7H,(H,14,16)(H,15,17). The number of hydrogen-bond donors (Lipinski definition) is 2. The van der Waals surface area contributed by atoms with E-state index >= 15 is 0 Å². The Balaban J connectivity index is 2.17. The van der Waals surface area contributed by atoms with Crippen molar-refractivity contribution >= 4 is 27.5 Å². The first kappa shape index (κ1) is 11.6. The average Bonchev–Trinajstić information content (AvgIpc) is 2.29. The lowest BCUT2D eigenvalue weighted by molar-refractivity contribution is 0.102. The van der Waals surface area contributed by atoms with E-state index in [1.807, 2.05) is 12.1 Å². The summed E-state index contributed by atoms with van der Waals surface area (Å²) >= 11 is 3.32. The number of hydrogen-bond acceptors (Lipinski definition) is 2. The van der Waals surface area contributed by atoms with Crippen molar-refractivity contribution in [3.05, 3.63) is 63.0 Å². The molecule has 0 aliphatic carbocycles. The van der Waals surface area contributed by atoms with Gasteiger partial charge in [0.2, 0.25) is 5.56 Å². The quantitative estimate of drug-likeness (QED) is 0.893. The van der Waals surface area contributed by atoms with Gasteiger partial charge in [-0.2, -0.15) is 0 Å². The minimum atomic E-state index is -0.264. The fraction of sp³-hybridized carbons (Fsp3) is 0. The van der Waals surface area contributed by atoms with Crippen LogP contribution in [0.1, 0.15) is 10.4 Å². The SMILES string of the molecule is O=C(Nc1cccc(Br)c1)c1ccc(=O)[nH]c1. The fourth-order valence-electron chi connectivity index (χ4n) is 1.32. The second kappa shape index (κ2) is 4.97. The molecule has 0 unspecified atom stereocenters. The van der Waals surface area contributed by atoms with Crippen molar-refractivity contribution in [1.29, 1.82) is 0 Å². The predicted octanol–water partition coefficient (Wildman–Crippen LogP) is 2.39. The fourth-order valence-corrected chi connectivity index (χ4v) is 1.72. The Morgan fingerprint density at radius 1 is 1.24 bits per heavy atom. The third kappa shape index (κ3) is 3.04. The molecule has 0 aliphatic rings. The third-order valence-corrected chi connectivity index (χ3v) is 2.62. The van der Waals surface area contributed by atoms with Crippen LogP contribution in [0.5, 0.6) is 0 Å². The van der Waals surface area contributed by atoms with Crippen LogP contribution < -0.4 is 10.9 Å². The summed E-state index contributed by atoms with van der Waals surface area (Å²) in [7, 11) is 0. The molecule has 0 saturated carbocycles. The summed E-state index contributed by atoms with van der Waals surface area (Å²) in [5.41, 5.74) is 0.865. The minimum absolute atomic E-state index is 0.232. The van der Waals surface area contributed by atoms with Crippen LogP contribution in [0.25, 0.3) is 0 Å². The highest BCUT2D eigenvalue weighted by atomic mass is 79.9. The van der Waals surface area contributed by atoms with Crippen LogP contribution in [0, 0.1) is 0 Å². The van der Waals surface area contributed by atoms with Gasteiger partial charge in [0, 0.05) is 22.4 Å². The topological polar surface area (TPSA) is 62.0 Å². The zero-order valence-electron chi connectivity index (χ0n) is 8.74. The number of aromatic amines is 1. The van der Waals surface area contributed by atoms with Gasteiger partial charge in [-0.15, -0.1) is 0 Å². The summed E-state index contributed by atoms with van der Waals surface area (Å²) in [4.78, 5) is 25.1. The van der Waals surface area contributed by atoms with Crippen molar-refractivity contribution in [3.8, 4) is 0 Å². The number of pyridine rings is 1. The zero-order chi connectivity index (χ0) is 12.3. The lowest BCUT2D eigenvalue weighted by Crippen LogP contribution is -2.14. The van der Waals surface area contributed by atoms with Crippen LogP contribution in [-0.4, -0.2) is 10.9 Å². The van der Waals surface area contributed by atoms with Gasteiger partial charge in [-0.3, -0.25) is 9.59 Å². The summed E-state index contributed by atoms with van der Waals surface area (Å²) in [5.74, 6) is -0.264. The molecule has 2 rings (SSSR count). The highest BCUT2D eigenvalue weighted by Crippen LogP contribution is 2.16. The van der Waals surface area contributed by atoms with E-state index in [1.165, 1.54) is 18.3 Å². The first-order valence-electron chi connectivity index (χ1n) is 4.91. The van der Waals surface area contributed by atoms with Gasteiger partial charge in [0.1, 0.15) is 0 Å². The molecule has 1 heterocycles. The monoisotopic (exact) mass is 292 g/mol. The molecule has 0 saturated heterocycles. The Morgan fingerprint density at radius 3 is 2.71 bits per heavy atom. The number of rotatable bonds is 2. The molecule has 2 N–H and O–H groups in total.